The SMILES string of the molecule is CCCC1CCCCN1C(=O)C(N)C(C)(C)C. The second kappa shape index (κ2) is 5.85. The van der Waals surface area contributed by atoms with E-state index in [1.54, 1.807) is 0 Å². The van der Waals surface area contributed by atoms with Gasteiger partial charge in [-0.05, 0) is 31.1 Å². The summed E-state index contributed by atoms with van der Waals surface area (Å²) in [7, 11) is 0. The molecule has 3 heteroatoms. The second-order valence-electron chi connectivity index (χ2n) is 6.31. The molecule has 0 saturated carbocycles. The monoisotopic (exact) mass is 240 g/mol. The number of likely N-dealkylation sites (tertiary alicyclic amines) is 1. The highest BCUT2D eigenvalue weighted by molar-refractivity contribution is 5.82. The standard InChI is InChI=1S/C14H28N2O/c1-5-8-11-9-6-7-10-16(11)13(17)12(15)14(2,3)4/h11-12H,5-10,15H2,1-4H3. The summed E-state index contributed by atoms with van der Waals surface area (Å²) in [6.07, 6.45) is 5.78. The van der Waals surface area contributed by atoms with Crippen molar-refractivity contribution in [3.05, 3.63) is 0 Å². The highest BCUT2D eigenvalue weighted by Gasteiger charge is 2.34. The van der Waals surface area contributed by atoms with E-state index in [1.165, 1.54) is 6.42 Å². The number of nitrogens with zero attached hydrogens (tertiary/aromatic N) is 1. The normalized spacial score (nSPS) is 23.6. The first-order chi connectivity index (χ1) is 7.88. The lowest BCUT2D eigenvalue weighted by Crippen LogP contribution is -2.54. The first-order valence-corrected chi connectivity index (χ1v) is 6.94. The van der Waals surface area contributed by atoms with Crippen LogP contribution in [-0.4, -0.2) is 29.4 Å². The molecule has 3 nitrogen and oxygen atoms in total. The third kappa shape index (κ3) is 3.70. The molecule has 100 valence electrons. The summed E-state index contributed by atoms with van der Waals surface area (Å²) in [4.78, 5) is 14.5. The van der Waals surface area contributed by atoms with Crippen LogP contribution in [0.1, 0.15) is 59.8 Å². The summed E-state index contributed by atoms with van der Waals surface area (Å²) in [6.45, 7) is 9.19. The van der Waals surface area contributed by atoms with Crippen molar-refractivity contribution in [1.29, 1.82) is 0 Å². The van der Waals surface area contributed by atoms with Crippen LogP contribution in [0, 0.1) is 5.41 Å². The van der Waals surface area contributed by atoms with E-state index in [-0.39, 0.29) is 17.4 Å². The zero-order chi connectivity index (χ0) is 13.1. The van der Waals surface area contributed by atoms with Crippen LogP contribution in [0.5, 0.6) is 0 Å². The number of rotatable bonds is 3. The van der Waals surface area contributed by atoms with Gasteiger partial charge in [0, 0.05) is 12.6 Å². The quantitative estimate of drug-likeness (QED) is 0.824. The Balaban J connectivity index is 2.71. The molecule has 1 saturated heterocycles. The van der Waals surface area contributed by atoms with Gasteiger partial charge in [0.1, 0.15) is 0 Å². The van der Waals surface area contributed by atoms with Gasteiger partial charge in [-0.1, -0.05) is 34.1 Å². The average Bonchev–Trinajstić information content (AvgIpc) is 2.27. The predicted molar refractivity (Wildman–Crippen MR) is 71.7 cm³/mol. The summed E-state index contributed by atoms with van der Waals surface area (Å²) in [5, 5.41) is 0. The minimum absolute atomic E-state index is 0.148. The average molecular weight is 240 g/mol. The second-order valence-corrected chi connectivity index (χ2v) is 6.31. The first-order valence-electron chi connectivity index (χ1n) is 6.94. The largest absolute Gasteiger partial charge is 0.338 e. The Morgan fingerprint density at radius 1 is 1.41 bits per heavy atom. The van der Waals surface area contributed by atoms with E-state index in [4.69, 9.17) is 5.73 Å². The molecule has 0 aliphatic carbocycles. The molecule has 0 radical (unpaired) electrons. The van der Waals surface area contributed by atoms with Gasteiger partial charge < -0.3 is 10.6 Å². The molecular formula is C14H28N2O. The maximum absolute atomic E-state index is 12.4. The highest BCUT2D eigenvalue weighted by Crippen LogP contribution is 2.25. The summed E-state index contributed by atoms with van der Waals surface area (Å²) in [5.74, 6) is 0.149. The fraction of sp³-hybridized carbons (Fsp3) is 0.929. The predicted octanol–water partition coefficient (Wildman–Crippen LogP) is 2.54. The summed E-state index contributed by atoms with van der Waals surface area (Å²) in [6, 6.07) is 0.0506. The van der Waals surface area contributed by atoms with Gasteiger partial charge in [-0.25, -0.2) is 0 Å². The molecule has 0 spiro atoms. The molecule has 0 aromatic carbocycles. The molecule has 1 amide bonds. The Morgan fingerprint density at radius 3 is 2.59 bits per heavy atom. The van der Waals surface area contributed by atoms with Gasteiger partial charge in [-0.3, -0.25) is 4.79 Å². The van der Waals surface area contributed by atoms with Gasteiger partial charge in [-0.2, -0.15) is 0 Å². The zero-order valence-corrected chi connectivity index (χ0v) is 11.8. The molecule has 0 aromatic rings. The number of carbonyl (C=O) groups excluding carboxylic acids is 1. The molecule has 1 aliphatic rings. The van der Waals surface area contributed by atoms with Crippen LogP contribution in [0.4, 0.5) is 0 Å². The number of carbonyl (C=O) groups is 1. The van der Waals surface area contributed by atoms with Crippen LogP contribution < -0.4 is 5.73 Å². The van der Waals surface area contributed by atoms with Gasteiger partial charge in [0.2, 0.25) is 5.91 Å². The number of hydrogen-bond acceptors (Lipinski definition) is 2. The van der Waals surface area contributed by atoms with Crippen molar-refractivity contribution < 1.29 is 4.79 Å². The third-order valence-electron chi connectivity index (χ3n) is 3.73. The molecule has 1 heterocycles. The molecule has 17 heavy (non-hydrogen) atoms. The van der Waals surface area contributed by atoms with E-state index in [0.717, 1.165) is 32.2 Å². The fourth-order valence-electron chi connectivity index (χ4n) is 2.47. The molecule has 1 rings (SSSR count). The van der Waals surface area contributed by atoms with Gasteiger partial charge in [0.05, 0.1) is 6.04 Å². The maximum atomic E-state index is 12.4. The Morgan fingerprint density at radius 2 is 2.06 bits per heavy atom. The fourth-order valence-corrected chi connectivity index (χ4v) is 2.47. The van der Waals surface area contributed by atoms with Gasteiger partial charge in [0.25, 0.3) is 0 Å². The van der Waals surface area contributed by atoms with Crippen LogP contribution in [0.15, 0.2) is 0 Å². The molecule has 0 aromatic heterocycles. The van der Waals surface area contributed by atoms with E-state index >= 15 is 0 Å². The molecule has 2 N–H and O–H groups in total. The smallest absolute Gasteiger partial charge is 0.240 e. The molecule has 2 atom stereocenters. The van der Waals surface area contributed by atoms with E-state index in [9.17, 15) is 4.79 Å². The Kier molecular flexibility index (Phi) is 4.99. The zero-order valence-electron chi connectivity index (χ0n) is 11.8. The number of nitrogens with two attached hydrogens (primary N) is 1. The van der Waals surface area contributed by atoms with Crippen molar-refractivity contribution in [2.75, 3.05) is 6.54 Å². The molecule has 1 fully saturated rings. The lowest BCUT2D eigenvalue weighted by Gasteiger charge is -2.39. The van der Waals surface area contributed by atoms with Crippen LogP contribution in [0.3, 0.4) is 0 Å². The lowest BCUT2D eigenvalue weighted by atomic mass is 9.85. The van der Waals surface area contributed by atoms with Crippen molar-refractivity contribution in [3.8, 4) is 0 Å². The van der Waals surface area contributed by atoms with E-state index < -0.39 is 0 Å². The summed E-state index contributed by atoms with van der Waals surface area (Å²) < 4.78 is 0. The minimum atomic E-state index is -0.375. The summed E-state index contributed by atoms with van der Waals surface area (Å²) in [5.41, 5.74) is 5.94. The van der Waals surface area contributed by atoms with Crippen LogP contribution in [0.2, 0.25) is 0 Å². The topological polar surface area (TPSA) is 46.3 Å². The highest BCUT2D eigenvalue weighted by atomic mass is 16.2. The van der Waals surface area contributed by atoms with Crippen molar-refractivity contribution in [2.45, 2.75) is 71.9 Å². The molecule has 0 bridgehead atoms. The maximum Gasteiger partial charge on any atom is 0.240 e. The Labute approximate surface area is 106 Å². The minimum Gasteiger partial charge on any atom is -0.338 e. The van der Waals surface area contributed by atoms with Crippen LogP contribution >= 0.6 is 0 Å². The molecular weight excluding hydrogens is 212 g/mol. The molecule has 1 aliphatic heterocycles. The Bertz CT molecular complexity index is 255. The van der Waals surface area contributed by atoms with Gasteiger partial charge in [0.15, 0.2) is 0 Å². The van der Waals surface area contributed by atoms with Crippen molar-refractivity contribution in [3.63, 3.8) is 0 Å². The number of amides is 1. The van der Waals surface area contributed by atoms with E-state index in [0.29, 0.717) is 6.04 Å². The van der Waals surface area contributed by atoms with Crippen molar-refractivity contribution >= 4 is 5.91 Å². The molecule has 2 unspecified atom stereocenters. The summed E-state index contributed by atoms with van der Waals surface area (Å²) >= 11 is 0. The Hall–Kier alpha value is -0.570. The van der Waals surface area contributed by atoms with Crippen molar-refractivity contribution in [1.82, 2.24) is 4.90 Å². The lowest BCUT2D eigenvalue weighted by molar-refractivity contribution is -0.138. The number of piperidine rings is 1. The van der Waals surface area contributed by atoms with Crippen molar-refractivity contribution in [2.24, 2.45) is 11.1 Å². The van der Waals surface area contributed by atoms with Gasteiger partial charge >= 0.3 is 0 Å². The van der Waals surface area contributed by atoms with Crippen LogP contribution in [0.25, 0.3) is 0 Å². The van der Waals surface area contributed by atoms with E-state index in [1.807, 2.05) is 25.7 Å². The number of hydrogen-bond donors (Lipinski definition) is 1. The first kappa shape index (κ1) is 14.5. The van der Waals surface area contributed by atoms with E-state index in [2.05, 4.69) is 6.92 Å². The van der Waals surface area contributed by atoms with Gasteiger partial charge in [-0.15, -0.1) is 0 Å². The van der Waals surface area contributed by atoms with Crippen LogP contribution in [-0.2, 0) is 4.79 Å². The third-order valence-corrected chi connectivity index (χ3v) is 3.73.